The van der Waals surface area contributed by atoms with Gasteiger partial charge in [0.25, 0.3) is 0 Å². The van der Waals surface area contributed by atoms with Crippen molar-refractivity contribution in [2.45, 2.75) is 19.3 Å². The lowest BCUT2D eigenvalue weighted by molar-refractivity contribution is 0.660. The van der Waals surface area contributed by atoms with Crippen molar-refractivity contribution >= 4 is 22.6 Å². The summed E-state index contributed by atoms with van der Waals surface area (Å²) in [6.07, 6.45) is 0. The van der Waals surface area contributed by atoms with Gasteiger partial charge in [-0.2, -0.15) is 0 Å². The average Bonchev–Trinajstić information content (AvgIpc) is 2.77. The van der Waals surface area contributed by atoms with Gasteiger partial charge in [0.1, 0.15) is 0 Å². The molecule has 0 heterocycles. The molecule has 0 fully saturated rings. The monoisotopic (exact) mass is 396 g/mol. The van der Waals surface area contributed by atoms with Gasteiger partial charge in [0, 0.05) is 8.99 Å². The van der Waals surface area contributed by atoms with E-state index in [4.69, 9.17) is 0 Å². The highest BCUT2D eigenvalue weighted by atomic mass is 127. The lowest BCUT2D eigenvalue weighted by atomic mass is 9.82. The third-order valence-electron chi connectivity index (χ3n) is 4.76. The molecule has 0 bridgehead atoms. The highest BCUT2D eigenvalue weighted by Crippen LogP contribution is 2.51. The quantitative estimate of drug-likeness (QED) is 0.426. The molecule has 0 amide bonds. The van der Waals surface area contributed by atoms with E-state index >= 15 is 0 Å². The Morgan fingerprint density at radius 2 is 1.32 bits per heavy atom. The Labute approximate surface area is 145 Å². The number of halogens is 1. The highest BCUT2D eigenvalue weighted by Gasteiger charge is 2.36. The first kappa shape index (κ1) is 14.0. The van der Waals surface area contributed by atoms with Crippen LogP contribution in [0.1, 0.15) is 25.0 Å². The second-order valence-corrected chi connectivity index (χ2v) is 7.65. The molecule has 3 aromatic rings. The molecule has 0 N–H and O–H groups in total. The predicted octanol–water partition coefficient (Wildman–Crippen LogP) is 6.26. The van der Waals surface area contributed by atoms with E-state index in [9.17, 15) is 0 Å². The number of fused-ring (bicyclic) bond motifs is 3. The molecule has 3 aromatic carbocycles. The van der Waals surface area contributed by atoms with Gasteiger partial charge in [-0.15, -0.1) is 0 Å². The summed E-state index contributed by atoms with van der Waals surface area (Å²) >= 11 is 2.36. The second-order valence-electron chi connectivity index (χ2n) is 6.41. The molecule has 0 spiro atoms. The summed E-state index contributed by atoms with van der Waals surface area (Å²) in [4.78, 5) is 0. The number of hydrogen-bond donors (Lipinski definition) is 0. The van der Waals surface area contributed by atoms with Crippen LogP contribution in [0.3, 0.4) is 0 Å². The Bertz CT molecular complexity index is 857. The van der Waals surface area contributed by atoms with Gasteiger partial charge in [-0.05, 0) is 68.1 Å². The second kappa shape index (κ2) is 4.95. The number of benzene rings is 3. The van der Waals surface area contributed by atoms with E-state index in [2.05, 4.69) is 103 Å². The van der Waals surface area contributed by atoms with E-state index in [0.717, 1.165) is 0 Å². The summed E-state index contributed by atoms with van der Waals surface area (Å²) in [7, 11) is 0. The Morgan fingerprint density at radius 1 is 0.682 bits per heavy atom. The predicted molar refractivity (Wildman–Crippen MR) is 102 cm³/mol. The fourth-order valence-corrected chi connectivity index (χ4v) is 3.98. The van der Waals surface area contributed by atoms with Gasteiger partial charge in [-0.1, -0.05) is 68.4 Å². The molecule has 0 unspecified atom stereocenters. The van der Waals surface area contributed by atoms with Gasteiger partial charge in [0.05, 0.1) is 0 Å². The van der Waals surface area contributed by atoms with Crippen LogP contribution in [0, 0.1) is 3.57 Å². The molecule has 0 aromatic heterocycles. The van der Waals surface area contributed by atoms with Crippen LogP contribution in [0.2, 0.25) is 0 Å². The molecule has 108 valence electrons. The molecule has 1 heteroatoms. The Morgan fingerprint density at radius 3 is 2.09 bits per heavy atom. The van der Waals surface area contributed by atoms with E-state index in [1.165, 1.54) is 37.0 Å². The molecule has 0 atom stereocenters. The van der Waals surface area contributed by atoms with Crippen LogP contribution in [0.15, 0.2) is 66.7 Å². The first-order chi connectivity index (χ1) is 10.6. The van der Waals surface area contributed by atoms with Crippen molar-refractivity contribution < 1.29 is 0 Å². The first-order valence-corrected chi connectivity index (χ1v) is 8.66. The zero-order chi connectivity index (χ0) is 15.3. The van der Waals surface area contributed by atoms with Crippen molar-refractivity contribution in [3.63, 3.8) is 0 Å². The fraction of sp³-hybridized carbons (Fsp3) is 0.143. The Kier molecular flexibility index (Phi) is 3.15. The van der Waals surface area contributed by atoms with Crippen LogP contribution >= 0.6 is 22.6 Å². The van der Waals surface area contributed by atoms with Crippen LogP contribution < -0.4 is 0 Å². The van der Waals surface area contributed by atoms with Gasteiger partial charge in [0.15, 0.2) is 0 Å². The molecule has 0 saturated heterocycles. The van der Waals surface area contributed by atoms with Crippen molar-refractivity contribution in [3.8, 4) is 22.3 Å². The Balaban J connectivity index is 2.04. The fourth-order valence-electron chi connectivity index (χ4n) is 3.62. The minimum absolute atomic E-state index is 0.0745. The summed E-state index contributed by atoms with van der Waals surface area (Å²) in [5.41, 5.74) is 8.37. The van der Waals surface area contributed by atoms with Gasteiger partial charge in [0.2, 0.25) is 0 Å². The molecule has 0 radical (unpaired) electrons. The van der Waals surface area contributed by atoms with Crippen LogP contribution in [-0.4, -0.2) is 0 Å². The normalized spacial score (nSPS) is 14.5. The third-order valence-corrected chi connectivity index (χ3v) is 5.48. The zero-order valence-corrected chi connectivity index (χ0v) is 14.9. The van der Waals surface area contributed by atoms with Crippen LogP contribution in [0.5, 0.6) is 0 Å². The van der Waals surface area contributed by atoms with Crippen LogP contribution in [0.25, 0.3) is 22.3 Å². The molecule has 1 aliphatic carbocycles. The van der Waals surface area contributed by atoms with E-state index in [-0.39, 0.29) is 5.41 Å². The third kappa shape index (κ3) is 1.95. The zero-order valence-electron chi connectivity index (χ0n) is 12.7. The smallest absolute Gasteiger partial charge is 0.0159 e. The largest absolute Gasteiger partial charge is 0.0619 e. The maximum Gasteiger partial charge on any atom is 0.0159 e. The van der Waals surface area contributed by atoms with E-state index in [1.54, 1.807) is 0 Å². The summed E-state index contributed by atoms with van der Waals surface area (Å²) in [6.45, 7) is 4.66. The van der Waals surface area contributed by atoms with Gasteiger partial charge in [-0.25, -0.2) is 0 Å². The van der Waals surface area contributed by atoms with Crippen molar-refractivity contribution in [2.24, 2.45) is 0 Å². The molecule has 4 rings (SSSR count). The molecule has 22 heavy (non-hydrogen) atoms. The van der Waals surface area contributed by atoms with Gasteiger partial charge in [-0.3, -0.25) is 0 Å². The van der Waals surface area contributed by atoms with Gasteiger partial charge >= 0.3 is 0 Å². The lowest BCUT2D eigenvalue weighted by Gasteiger charge is -2.21. The number of rotatable bonds is 1. The van der Waals surface area contributed by atoms with Crippen molar-refractivity contribution in [1.29, 1.82) is 0 Å². The summed E-state index contributed by atoms with van der Waals surface area (Å²) in [6, 6.07) is 24.4. The van der Waals surface area contributed by atoms with Crippen LogP contribution in [-0.2, 0) is 5.41 Å². The van der Waals surface area contributed by atoms with E-state index in [1.807, 2.05) is 0 Å². The van der Waals surface area contributed by atoms with Crippen molar-refractivity contribution in [3.05, 3.63) is 81.4 Å². The van der Waals surface area contributed by atoms with Crippen molar-refractivity contribution in [2.75, 3.05) is 0 Å². The summed E-state index contributed by atoms with van der Waals surface area (Å²) < 4.78 is 1.27. The van der Waals surface area contributed by atoms with Crippen LogP contribution in [0.4, 0.5) is 0 Å². The first-order valence-electron chi connectivity index (χ1n) is 7.58. The maximum atomic E-state index is 2.36. The Hall–Kier alpha value is -1.61. The van der Waals surface area contributed by atoms with E-state index in [0.29, 0.717) is 0 Å². The van der Waals surface area contributed by atoms with Gasteiger partial charge < -0.3 is 0 Å². The molecule has 0 aliphatic heterocycles. The minimum atomic E-state index is 0.0745. The minimum Gasteiger partial charge on any atom is -0.0619 e. The topological polar surface area (TPSA) is 0 Å². The highest BCUT2D eigenvalue weighted by molar-refractivity contribution is 14.1. The molecular weight excluding hydrogens is 379 g/mol. The SMILES string of the molecule is CC1(C)c2ccccc2-c2c(-c3ccc(I)cc3)cccc21. The average molecular weight is 396 g/mol. The lowest BCUT2D eigenvalue weighted by Crippen LogP contribution is -2.14. The summed E-state index contributed by atoms with van der Waals surface area (Å²) in [5, 5.41) is 0. The molecule has 0 saturated carbocycles. The van der Waals surface area contributed by atoms with E-state index < -0.39 is 0 Å². The molecule has 0 nitrogen and oxygen atoms in total. The number of hydrogen-bond acceptors (Lipinski definition) is 0. The molecule has 1 aliphatic rings. The molecular formula is C21H17I. The standard InChI is InChI=1S/C21H17I/c1-21(2)18-8-4-3-6-17(18)20-16(7-5-9-19(20)21)14-10-12-15(22)13-11-14/h3-13H,1-2H3. The van der Waals surface area contributed by atoms with Crippen molar-refractivity contribution in [1.82, 2.24) is 0 Å². The maximum absolute atomic E-state index is 2.36. The summed E-state index contributed by atoms with van der Waals surface area (Å²) in [5.74, 6) is 0.